The molecule has 0 saturated carbocycles. The van der Waals surface area contributed by atoms with Gasteiger partial charge in [0.05, 0.1) is 0 Å². The van der Waals surface area contributed by atoms with Crippen LogP contribution < -0.4 is 0 Å². The van der Waals surface area contributed by atoms with Crippen molar-refractivity contribution >= 4 is 19.9 Å². The molecule has 0 N–H and O–H groups in total. The van der Waals surface area contributed by atoms with Crippen LogP contribution >= 0.6 is 11.1 Å². The van der Waals surface area contributed by atoms with Crippen LogP contribution in [0.1, 0.15) is 18.4 Å². The van der Waals surface area contributed by atoms with Gasteiger partial charge in [0.1, 0.15) is 8.83 Å². The Hall–Kier alpha value is -0.273. The maximum atomic E-state index is 5.72. The van der Waals surface area contributed by atoms with Crippen LogP contribution in [-0.2, 0) is 6.42 Å². The van der Waals surface area contributed by atoms with Gasteiger partial charge in [0.25, 0.3) is 0 Å². The van der Waals surface area contributed by atoms with Gasteiger partial charge in [-0.2, -0.15) is 11.1 Å². The quantitative estimate of drug-likeness (QED) is 0.388. The Morgan fingerprint density at radius 2 is 1.83 bits per heavy atom. The molecule has 0 atom stereocenters. The van der Waals surface area contributed by atoms with Gasteiger partial charge in [0.2, 0.25) is 0 Å². The van der Waals surface area contributed by atoms with Crippen molar-refractivity contribution in [3.05, 3.63) is 35.9 Å². The van der Waals surface area contributed by atoms with Crippen molar-refractivity contribution < 1.29 is 0 Å². The van der Waals surface area contributed by atoms with Crippen molar-refractivity contribution in [2.24, 2.45) is 0 Å². The number of halogens is 1. The maximum absolute atomic E-state index is 5.72. The van der Waals surface area contributed by atoms with Crippen LogP contribution in [0.25, 0.3) is 0 Å². The van der Waals surface area contributed by atoms with Crippen LogP contribution in [0.5, 0.6) is 0 Å². The summed E-state index contributed by atoms with van der Waals surface area (Å²) < 4.78 is 0. The smallest absolute Gasteiger partial charge is 0.125 e. The minimum absolute atomic E-state index is 0.214. The molecule has 0 aliphatic carbocycles. The lowest BCUT2D eigenvalue weighted by Crippen LogP contribution is -1.85. The van der Waals surface area contributed by atoms with Crippen LogP contribution in [0, 0.1) is 0 Å². The number of hydrogen-bond donors (Lipinski definition) is 0. The topological polar surface area (TPSA) is 0 Å². The molecule has 0 aliphatic heterocycles. The van der Waals surface area contributed by atoms with E-state index in [2.05, 4.69) is 30.3 Å². The van der Waals surface area contributed by atoms with Crippen molar-refractivity contribution in [3.8, 4) is 0 Å². The van der Waals surface area contributed by atoms with Crippen LogP contribution in [-0.4, -0.2) is 8.83 Å². The number of rotatable bonds is 5. The van der Waals surface area contributed by atoms with Crippen molar-refractivity contribution in [1.29, 1.82) is 0 Å². The molecule has 1 rings (SSSR count). The van der Waals surface area contributed by atoms with Gasteiger partial charge in [0.15, 0.2) is 0 Å². The summed E-state index contributed by atoms with van der Waals surface area (Å²) in [4.78, 5) is 0. The first-order valence-electron chi connectivity index (χ1n) is 4.53. The van der Waals surface area contributed by atoms with E-state index in [0.29, 0.717) is 0 Å². The average molecular weight is 199 g/mol. The standard InChI is InChI=1S/C10H15ClSi/c11-12-9-5-4-8-10-6-2-1-3-7-10/h1-3,6-7H,4-5,8-9,12H2. The zero-order valence-electron chi connectivity index (χ0n) is 7.30. The maximum Gasteiger partial charge on any atom is 0.125 e. The van der Waals surface area contributed by atoms with Gasteiger partial charge in [-0.25, -0.2) is 0 Å². The minimum atomic E-state index is -0.214. The van der Waals surface area contributed by atoms with E-state index in [1.807, 2.05) is 0 Å². The lowest BCUT2D eigenvalue weighted by atomic mass is 10.1. The van der Waals surface area contributed by atoms with Gasteiger partial charge in [-0.15, -0.1) is 0 Å². The summed E-state index contributed by atoms with van der Waals surface area (Å²) in [5.74, 6) is 0. The lowest BCUT2D eigenvalue weighted by Gasteiger charge is -1.98. The fraction of sp³-hybridized carbons (Fsp3) is 0.400. The Labute approximate surface area is 81.5 Å². The van der Waals surface area contributed by atoms with Gasteiger partial charge in [-0.1, -0.05) is 36.8 Å². The lowest BCUT2D eigenvalue weighted by molar-refractivity contribution is 0.793. The molecule has 0 spiro atoms. The van der Waals surface area contributed by atoms with Crippen molar-refractivity contribution in [2.75, 3.05) is 0 Å². The second-order valence-corrected chi connectivity index (χ2v) is 5.20. The molecule has 1 aromatic rings. The molecule has 0 radical (unpaired) electrons. The van der Waals surface area contributed by atoms with E-state index in [1.54, 1.807) is 0 Å². The summed E-state index contributed by atoms with van der Waals surface area (Å²) in [5.41, 5.74) is 1.45. The SMILES string of the molecule is Cl[SiH2]CCCCc1ccccc1. The molecule has 0 saturated heterocycles. The first-order chi connectivity index (χ1) is 5.93. The molecule has 0 unspecified atom stereocenters. The third-order valence-corrected chi connectivity index (χ3v) is 3.51. The van der Waals surface area contributed by atoms with E-state index >= 15 is 0 Å². The number of hydrogen-bond acceptors (Lipinski definition) is 0. The molecule has 1 aromatic carbocycles. The molecule has 0 bridgehead atoms. The number of aryl methyl sites for hydroxylation is 1. The predicted octanol–water partition coefficient (Wildman–Crippen LogP) is 2.75. The highest BCUT2D eigenvalue weighted by Crippen LogP contribution is 2.06. The van der Waals surface area contributed by atoms with Gasteiger partial charge >= 0.3 is 0 Å². The molecule has 0 nitrogen and oxygen atoms in total. The largest absolute Gasteiger partial charge is 0.176 e. The van der Waals surface area contributed by atoms with Crippen LogP contribution in [0.3, 0.4) is 0 Å². The molecule has 66 valence electrons. The summed E-state index contributed by atoms with van der Waals surface area (Å²) in [6.45, 7) is 0. The summed E-state index contributed by atoms with van der Waals surface area (Å²) in [6.07, 6.45) is 3.82. The Kier molecular flexibility index (Phi) is 5.12. The normalized spacial score (nSPS) is 11.1. The van der Waals surface area contributed by atoms with Crippen molar-refractivity contribution in [1.82, 2.24) is 0 Å². The Balaban J connectivity index is 2.16. The first-order valence-corrected chi connectivity index (χ1v) is 7.67. The predicted molar refractivity (Wildman–Crippen MR) is 58.6 cm³/mol. The Bertz CT molecular complexity index is 198. The highest BCUT2D eigenvalue weighted by atomic mass is 35.6. The van der Waals surface area contributed by atoms with Gasteiger partial charge in [0, 0.05) is 0 Å². The highest BCUT2D eigenvalue weighted by molar-refractivity contribution is 6.93. The van der Waals surface area contributed by atoms with Crippen LogP contribution in [0.15, 0.2) is 30.3 Å². The number of benzene rings is 1. The third kappa shape index (κ3) is 3.93. The highest BCUT2D eigenvalue weighted by Gasteiger charge is 1.91. The zero-order chi connectivity index (χ0) is 8.65. The summed E-state index contributed by atoms with van der Waals surface area (Å²) >= 11 is 5.72. The molecule has 2 heteroatoms. The second-order valence-electron chi connectivity index (χ2n) is 2.99. The minimum Gasteiger partial charge on any atom is -0.176 e. The van der Waals surface area contributed by atoms with E-state index in [1.165, 1.54) is 30.9 Å². The average Bonchev–Trinajstić information content (AvgIpc) is 2.14. The fourth-order valence-corrected chi connectivity index (χ4v) is 2.35. The van der Waals surface area contributed by atoms with Crippen molar-refractivity contribution in [3.63, 3.8) is 0 Å². The molecule has 0 aromatic heterocycles. The van der Waals surface area contributed by atoms with E-state index in [0.717, 1.165) is 0 Å². The molecule has 12 heavy (non-hydrogen) atoms. The molecular weight excluding hydrogens is 184 g/mol. The van der Waals surface area contributed by atoms with Gasteiger partial charge in [-0.05, 0) is 24.4 Å². The van der Waals surface area contributed by atoms with E-state index in [4.69, 9.17) is 11.1 Å². The van der Waals surface area contributed by atoms with Crippen molar-refractivity contribution in [2.45, 2.75) is 25.3 Å². The second kappa shape index (κ2) is 6.27. The number of unbranched alkanes of at least 4 members (excludes halogenated alkanes) is 1. The van der Waals surface area contributed by atoms with E-state index < -0.39 is 0 Å². The van der Waals surface area contributed by atoms with E-state index in [9.17, 15) is 0 Å². The summed E-state index contributed by atoms with van der Waals surface area (Å²) in [6, 6.07) is 11.9. The van der Waals surface area contributed by atoms with Crippen LogP contribution in [0.4, 0.5) is 0 Å². The molecule has 0 heterocycles. The monoisotopic (exact) mass is 198 g/mol. The molecule has 0 aliphatic rings. The Morgan fingerprint density at radius 1 is 1.08 bits per heavy atom. The van der Waals surface area contributed by atoms with Crippen LogP contribution in [0.2, 0.25) is 6.04 Å². The summed E-state index contributed by atoms with van der Waals surface area (Å²) in [5, 5.41) is 0. The molecular formula is C10H15ClSi. The molecule has 0 amide bonds. The van der Waals surface area contributed by atoms with Gasteiger partial charge < -0.3 is 0 Å². The first kappa shape index (κ1) is 9.81. The van der Waals surface area contributed by atoms with E-state index in [-0.39, 0.29) is 8.83 Å². The Morgan fingerprint density at radius 3 is 2.50 bits per heavy atom. The molecule has 0 fully saturated rings. The fourth-order valence-electron chi connectivity index (χ4n) is 1.25. The van der Waals surface area contributed by atoms with Gasteiger partial charge in [-0.3, -0.25) is 0 Å². The summed E-state index contributed by atoms with van der Waals surface area (Å²) in [7, 11) is -0.214. The zero-order valence-corrected chi connectivity index (χ0v) is 9.47. The third-order valence-electron chi connectivity index (χ3n) is 1.94.